The van der Waals surface area contributed by atoms with E-state index in [0.717, 1.165) is 18.4 Å². The quantitative estimate of drug-likeness (QED) is 0.927. The Morgan fingerprint density at radius 3 is 2.22 bits per heavy atom. The fourth-order valence-electron chi connectivity index (χ4n) is 2.80. The molecule has 2 rings (SSSR count). The topological polar surface area (TPSA) is 66.8 Å². The smallest absolute Gasteiger partial charge is 0.410 e. The molecule has 23 heavy (non-hydrogen) atoms. The predicted octanol–water partition coefficient (Wildman–Crippen LogP) is 3.43. The van der Waals surface area contributed by atoms with Gasteiger partial charge in [0.05, 0.1) is 6.42 Å². The fraction of sp³-hybridized carbons (Fsp3) is 0.556. The van der Waals surface area contributed by atoms with Gasteiger partial charge in [-0.1, -0.05) is 24.3 Å². The number of hydrogen-bond acceptors (Lipinski definition) is 3. The average molecular weight is 319 g/mol. The van der Waals surface area contributed by atoms with Gasteiger partial charge in [0, 0.05) is 13.1 Å². The van der Waals surface area contributed by atoms with Crippen LogP contribution in [0.1, 0.15) is 50.7 Å². The standard InChI is InChI=1S/C18H25NO4/c1-18(2,3)23-17(22)19-10-8-15(9-11-19)14-6-4-13(5-7-14)12-16(20)21/h4-7,15H,8-12H2,1-3H3,(H,20,21). The summed E-state index contributed by atoms with van der Waals surface area (Å²) in [6.07, 6.45) is 1.61. The van der Waals surface area contributed by atoms with E-state index >= 15 is 0 Å². The number of piperidine rings is 1. The Bertz CT molecular complexity index is 551. The van der Waals surface area contributed by atoms with Crippen molar-refractivity contribution in [2.45, 2.75) is 51.6 Å². The normalized spacial score (nSPS) is 16.2. The van der Waals surface area contributed by atoms with Gasteiger partial charge in [0.25, 0.3) is 0 Å². The zero-order valence-electron chi connectivity index (χ0n) is 14.0. The molecule has 1 N–H and O–H groups in total. The minimum atomic E-state index is -0.816. The van der Waals surface area contributed by atoms with Crippen molar-refractivity contribution in [2.24, 2.45) is 0 Å². The van der Waals surface area contributed by atoms with Crippen LogP contribution >= 0.6 is 0 Å². The van der Waals surface area contributed by atoms with Crippen molar-refractivity contribution in [3.05, 3.63) is 35.4 Å². The molecular weight excluding hydrogens is 294 g/mol. The number of benzene rings is 1. The third-order valence-corrected chi connectivity index (χ3v) is 3.95. The summed E-state index contributed by atoms with van der Waals surface area (Å²) in [6.45, 7) is 7.00. The molecule has 1 aromatic carbocycles. The third kappa shape index (κ3) is 5.27. The van der Waals surface area contributed by atoms with Gasteiger partial charge in [-0.2, -0.15) is 0 Å². The van der Waals surface area contributed by atoms with Crippen LogP contribution in [0.25, 0.3) is 0 Å². The number of carbonyl (C=O) groups excluding carboxylic acids is 1. The Hall–Kier alpha value is -2.04. The first-order valence-electron chi connectivity index (χ1n) is 8.03. The Labute approximate surface area is 137 Å². The first-order valence-corrected chi connectivity index (χ1v) is 8.03. The second-order valence-corrected chi connectivity index (χ2v) is 7.05. The molecule has 0 radical (unpaired) electrons. The van der Waals surface area contributed by atoms with Crippen molar-refractivity contribution in [2.75, 3.05) is 13.1 Å². The van der Waals surface area contributed by atoms with Gasteiger partial charge in [0.1, 0.15) is 5.60 Å². The molecule has 126 valence electrons. The summed E-state index contributed by atoms with van der Waals surface area (Å²) in [6, 6.07) is 7.77. The molecule has 1 amide bonds. The van der Waals surface area contributed by atoms with Gasteiger partial charge in [-0.15, -0.1) is 0 Å². The maximum absolute atomic E-state index is 12.1. The molecular formula is C18H25NO4. The second kappa shape index (κ2) is 7.02. The van der Waals surface area contributed by atoms with Crippen LogP contribution < -0.4 is 0 Å². The highest BCUT2D eigenvalue weighted by molar-refractivity contribution is 5.70. The zero-order chi connectivity index (χ0) is 17.0. The fourth-order valence-corrected chi connectivity index (χ4v) is 2.80. The first kappa shape index (κ1) is 17.3. The summed E-state index contributed by atoms with van der Waals surface area (Å²) in [4.78, 5) is 24.5. The molecule has 1 aliphatic rings. The average Bonchev–Trinajstić information content (AvgIpc) is 2.46. The molecule has 1 aliphatic heterocycles. The summed E-state index contributed by atoms with van der Waals surface area (Å²) in [5.74, 6) is -0.406. The largest absolute Gasteiger partial charge is 0.481 e. The van der Waals surface area contributed by atoms with Gasteiger partial charge in [-0.05, 0) is 50.7 Å². The maximum Gasteiger partial charge on any atom is 0.410 e. The van der Waals surface area contributed by atoms with E-state index in [1.807, 2.05) is 45.0 Å². The summed E-state index contributed by atoms with van der Waals surface area (Å²) in [5.41, 5.74) is 1.56. The van der Waals surface area contributed by atoms with Crippen LogP contribution in [0, 0.1) is 0 Å². The summed E-state index contributed by atoms with van der Waals surface area (Å²) in [7, 11) is 0. The number of hydrogen-bond donors (Lipinski definition) is 1. The van der Waals surface area contributed by atoms with Crippen molar-refractivity contribution in [3.8, 4) is 0 Å². The SMILES string of the molecule is CC(C)(C)OC(=O)N1CCC(c2ccc(CC(=O)O)cc2)CC1. The van der Waals surface area contributed by atoms with Crippen LogP contribution in [0.2, 0.25) is 0 Å². The zero-order valence-corrected chi connectivity index (χ0v) is 14.0. The van der Waals surface area contributed by atoms with E-state index in [0.29, 0.717) is 19.0 Å². The monoisotopic (exact) mass is 319 g/mol. The van der Waals surface area contributed by atoms with E-state index in [4.69, 9.17) is 9.84 Å². The number of carboxylic acids is 1. The van der Waals surface area contributed by atoms with Gasteiger partial charge >= 0.3 is 12.1 Å². The number of carbonyl (C=O) groups is 2. The Kier molecular flexibility index (Phi) is 5.29. The van der Waals surface area contributed by atoms with Crippen molar-refractivity contribution in [3.63, 3.8) is 0 Å². The molecule has 0 aliphatic carbocycles. The number of nitrogens with zero attached hydrogens (tertiary/aromatic N) is 1. The minimum absolute atomic E-state index is 0.0529. The van der Waals surface area contributed by atoms with Gasteiger partial charge in [0.15, 0.2) is 0 Å². The van der Waals surface area contributed by atoms with Gasteiger partial charge < -0.3 is 14.7 Å². The molecule has 0 unspecified atom stereocenters. The van der Waals surface area contributed by atoms with E-state index in [1.54, 1.807) is 4.90 Å². The van der Waals surface area contributed by atoms with Crippen LogP contribution in [0.5, 0.6) is 0 Å². The van der Waals surface area contributed by atoms with Crippen LogP contribution in [-0.4, -0.2) is 40.8 Å². The lowest BCUT2D eigenvalue weighted by molar-refractivity contribution is -0.136. The van der Waals surface area contributed by atoms with E-state index < -0.39 is 11.6 Å². The Balaban J connectivity index is 1.89. The summed E-state index contributed by atoms with van der Waals surface area (Å²) in [5, 5.41) is 8.80. The lowest BCUT2D eigenvalue weighted by atomic mass is 9.89. The number of rotatable bonds is 3. The Morgan fingerprint density at radius 1 is 1.17 bits per heavy atom. The van der Waals surface area contributed by atoms with Crippen molar-refractivity contribution < 1.29 is 19.4 Å². The van der Waals surface area contributed by atoms with Gasteiger partial charge in [-0.25, -0.2) is 4.79 Å². The van der Waals surface area contributed by atoms with E-state index in [1.165, 1.54) is 5.56 Å². The maximum atomic E-state index is 12.1. The van der Waals surface area contributed by atoms with Crippen LogP contribution in [0.15, 0.2) is 24.3 Å². The minimum Gasteiger partial charge on any atom is -0.481 e. The predicted molar refractivity (Wildman–Crippen MR) is 87.6 cm³/mol. The highest BCUT2D eigenvalue weighted by Crippen LogP contribution is 2.29. The van der Waals surface area contributed by atoms with Crippen LogP contribution in [-0.2, 0) is 16.0 Å². The molecule has 1 fully saturated rings. The van der Waals surface area contributed by atoms with Crippen LogP contribution in [0.4, 0.5) is 4.79 Å². The summed E-state index contributed by atoms with van der Waals surface area (Å²) >= 11 is 0. The van der Waals surface area contributed by atoms with Gasteiger partial charge in [0.2, 0.25) is 0 Å². The summed E-state index contributed by atoms with van der Waals surface area (Å²) < 4.78 is 5.40. The van der Waals surface area contributed by atoms with Gasteiger partial charge in [-0.3, -0.25) is 4.79 Å². The number of amides is 1. The molecule has 0 atom stereocenters. The lowest BCUT2D eigenvalue weighted by Gasteiger charge is -2.33. The van der Waals surface area contributed by atoms with Crippen molar-refractivity contribution in [1.82, 2.24) is 4.90 Å². The molecule has 1 saturated heterocycles. The van der Waals surface area contributed by atoms with Crippen molar-refractivity contribution >= 4 is 12.1 Å². The van der Waals surface area contributed by atoms with E-state index in [9.17, 15) is 9.59 Å². The van der Waals surface area contributed by atoms with E-state index in [2.05, 4.69) is 0 Å². The number of aliphatic carboxylic acids is 1. The number of likely N-dealkylation sites (tertiary alicyclic amines) is 1. The Morgan fingerprint density at radius 2 is 1.74 bits per heavy atom. The number of ether oxygens (including phenoxy) is 1. The third-order valence-electron chi connectivity index (χ3n) is 3.95. The molecule has 1 aromatic rings. The van der Waals surface area contributed by atoms with Crippen molar-refractivity contribution in [1.29, 1.82) is 0 Å². The number of carboxylic acid groups (broad SMARTS) is 1. The molecule has 5 nitrogen and oxygen atoms in total. The highest BCUT2D eigenvalue weighted by Gasteiger charge is 2.27. The highest BCUT2D eigenvalue weighted by atomic mass is 16.6. The molecule has 1 heterocycles. The molecule has 5 heteroatoms. The second-order valence-electron chi connectivity index (χ2n) is 7.05. The molecule has 0 spiro atoms. The first-order chi connectivity index (χ1) is 10.7. The molecule has 0 bridgehead atoms. The molecule has 0 saturated carbocycles. The van der Waals surface area contributed by atoms with Crippen LogP contribution in [0.3, 0.4) is 0 Å². The van der Waals surface area contributed by atoms with E-state index in [-0.39, 0.29) is 12.5 Å². The molecule has 0 aromatic heterocycles. The lowest BCUT2D eigenvalue weighted by Crippen LogP contribution is -2.41.